The highest BCUT2D eigenvalue weighted by molar-refractivity contribution is 5.80. The van der Waals surface area contributed by atoms with Crippen LogP contribution < -0.4 is 16.4 Å². The number of fused-ring (bicyclic) bond motifs is 1. The van der Waals surface area contributed by atoms with Crippen LogP contribution in [0.2, 0.25) is 0 Å². The Morgan fingerprint density at radius 2 is 1.50 bits per heavy atom. The van der Waals surface area contributed by atoms with Crippen molar-refractivity contribution in [3.63, 3.8) is 0 Å². The van der Waals surface area contributed by atoms with E-state index in [9.17, 15) is 9.59 Å². The third-order valence-electron chi connectivity index (χ3n) is 6.68. The van der Waals surface area contributed by atoms with Gasteiger partial charge in [-0.1, -0.05) is 59.7 Å². The number of hydrogen-bond acceptors (Lipinski definition) is 4. The highest BCUT2D eigenvalue weighted by Gasteiger charge is 2.26. The van der Waals surface area contributed by atoms with Crippen molar-refractivity contribution < 1.29 is 0 Å². The number of aromatic nitrogens is 3. The Bertz CT molecular complexity index is 1640. The SMILES string of the molecule is Cn1cc(-c2cccc(-n3cnc4cc(C(C)(C)C)ccc4c3=O)c2C(C)(C)C)cc(NC(C)(C)C)c1=O. The summed E-state index contributed by atoms with van der Waals surface area (Å²) in [6, 6.07) is 13.8. The van der Waals surface area contributed by atoms with Crippen LogP contribution >= 0.6 is 0 Å². The van der Waals surface area contributed by atoms with Crippen molar-refractivity contribution in [3.8, 4) is 16.8 Å². The van der Waals surface area contributed by atoms with Gasteiger partial charge in [-0.05, 0) is 72.6 Å². The number of aryl methyl sites for hydroxylation is 1. The fourth-order valence-electron chi connectivity index (χ4n) is 4.88. The smallest absolute Gasteiger partial charge is 0.273 e. The zero-order valence-electron chi connectivity index (χ0n) is 24.4. The van der Waals surface area contributed by atoms with E-state index in [0.29, 0.717) is 16.6 Å². The molecular formula is C32H40N4O2. The minimum atomic E-state index is -0.303. The molecule has 200 valence electrons. The molecule has 38 heavy (non-hydrogen) atoms. The van der Waals surface area contributed by atoms with E-state index in [0.717, 1.165) is 27.9 Å². The molecule has 0 aliphatic heterocycles. The molecule has 0 atom stereocenters. The highest BCUT2D eigenvalue weighted by Crippen LogP contribution is 2.37. The van der Waals surface area contributed by atoms with Crippen LogP contribution in [0.4, 0.5) is 5.69 Å². The summed E-state index contributed by atoms with van der Waals surface area (Å²) in [7, 11) is 1.77. The van der Waals surface area contributed by atoms with Crippen LogP contribution in [0.3, 0.4) is 0 Å². The minimum absolute atomic E-state index is 0.0328. The molecule has 0 aliphatic rings. The number of benzene rings is 2. The van der Waals surface area contributed by atoms with Gasteiger partial charge < -0.3 is 9.88 Å². The standard InChI is InChI=1S/C32H40N4O2/c1-30(2,3)21-14-15-23-24(17-21)33-19-36(28(23)37)26-13-11-12-22(27(26)31(4,5)6)20-16-25(34-32(7,8)9)29(38)35(10)18-20/h11-19,34H,1-10H3. The van der Waals surface area contributed by atoms with Gasteiger partial charge in [-0.2, -0.15) is 0 Å². The Balaban J connectivity index is 1.98. The van der Waals surface area contributed by atoms with E-state index < -0.39 is 0 Å². The molecule has 6 heteroatoms. The molecule has 0 unspecified atom stereocenters. The van der Waals surface area contributed by atoms with Crippen molar-refractivity contribution in [3.05, 3.63) is 86.8 Å². The van der Waals surface area contributed by atoms with Gasteiger partial charge in [-0.25, -0.2) is 4.98 Å². The normalized spacial score (nSPS) is 12.7. The van der Waals surface area contributed by atoms with Crippen LogP contribution in [0, 0.1) is 0 Å². The van der Waals surface area contributed by atoms with Gasteiger partial charge in [-0.15, -0.1) is 0 Å². The summed E-state index contributed by atoms with van der Waals surface area (Å²) >= 11 is 0. The van der Waals surface area contributed by atoms with Crippen molar-refractivity contribution in [2.75, 3.05) is 5.32 Å². The van der Waals surface area contributed by atoms with Crippen molar-refractivity contribution in [2.45, 2.75) is 78.7 Å². The average Bonchev–Trinajstić information content (AvgIpc) is 2.79. The van der Waals surface area contributed by atoms with Crippen LogP contribution in [0.15, 0.2) is 64.6 Å². The summed E-state index contributed by atoms with van der Waals surface area (Å²) in [5.74, 6) is 0. The van der Waals surface area contributed by atoms with E-state index in [2.05, 4.69) is 52.9 Å². The molecule has 6 nitrogen and oxygen atoms in total. The minimum Gasteiger partial charge on any atom is -0.376 e. The molecule has 4 aromatic rings. The van der Waals surface area contributed by atoms with Crippen LogP contribution in [-0.4, -0.2) is 19.7 Å². The zero-order valence-corrected chi connectivity index (χ0v) is 24.4. The van der Waals surface area contributed by atoms with E-state index in [-0.39, 0.29) is 27.5 Å². The maximum absolute atomic E-state index is 13.8. The predicted octanol–water partition coefficient (Wildman–Crippen LogP) is 6.56. The highest BCUT2D eigenvalue weighted by atomic mass is 16.1. The molecule has 0 saturated carbocycles. The lowest BCUT2D eigenvalue weighted by atomic mass is 9.80. The molecule has 1 N–H and O–H groups in total. The van der Waals surface area contributed by atoms with Crippen LogP contribution in [0.5, 0.6) is 0 Å². The average molecular weight is 513 g/mol. The second-order valence-corrected chi connectivity index (χ2v) is 13.3. The maximum atomic E-state index is 13.8. The van der Waals surface area contributed by atoms with Gasteiger partial charge in [0.1, 0.15) is 12.0 Å². The van der Waals surface area contributed by atoms with Gasteiger partial charge >= 0.3 is 0 Å². The maximum Gasteiger partial charge on any atom is 0.273 e. The fraction of sp³-hybridized carbons (Fsp3) is 0.406. The molecular weight excluding hydrogens is 472 g/mol. The molecule has 0 saturated heterocycles. The molecule has 0 radical (unpaired) electrons. The van der Waals surface area contributed by atoms with Crippen LogP contribution in [0.25, 0.3) is 27.7 Å². The van der Waals surface area contributed by atoms with Crippen molar-refractivity contribution in [2.24, 2.45) is 7.05 Å². The summed E-state index contributed by atoms with van der Waals surface area (Å²) in [4.78, 5) is 31.4. The fourth-order valence-corrected chi connectivity index (χ4v) is 4.88. The lowest BCUT2D eigenvalue weighted by Gasteiger charge is -2.28. The third-order valence-corrected chi connectivity index (χ3v) is 6.68. The van der Waals surface area contributed by atoms with Crippen molar-refractivity contribution in [1.29, 1.82) is 0 Å². The van der Waals surface area contributed by atoms with E-state index in [1.165, 1.54) is 0 Å². The quantitative estimate of drug-likeness (QED) is 0.338. The monoisotopic (exact) mass is 512 g/mol. The van der Waals surface area contributed by atoms with E-state index in [1.807, 2.05) is 63.4 Å². The first kappa shape index (κ1) is 27.4. The van der Waals surface area contributed by atoms with Gasteiger partial charge in [0, 0.05) is 24.3 Å². The Kier molecular flexibility index (Phi) is 6.67. The first-order valence-electron chi connectivity index (χ1n) is 13.1. The number of rotatable bonds is 3. The Hall–Kier alpha value is -3.67. The van der Waals surface area contributed by atoms with E-state index in [1.54, 1.807) is 22.5 Å². The molecule has 0 fully saturated rings. The Morgan fingerprint density at radius 1 is 0.816 bits per heavy atom. The molecule has 0 spiro atoms. The van der Waals surface area contributed by atoms with Gasteiger partial charge in [0.25, 0.3) is 11.1 Å². The van der Waals surface area contributed by atoms with Crippen molar-refractivity contribution in [1.82, 2.24) is 14.1 Å². The summed E-state index contributed by atoms with van der Waals surface area (Å²) in [6.07, 6.45) is 3.50. The van der Waals surface area contributed by atoms with Gasteiger partial charge in [-0.3, -0.25) is 14.2 Å². The number of nitrogens with one attached hydrogen (secondary N) is 1. The number of pyridine rings is 1. The molecule has 2 heterocycles. The second-order valence-electron chi connectivity index (χ2n) is 13.3. The van der Waals surface area contributed by atoms with Crippen LogP contribution in [-0.2, 0) is 17.9 Å². The first-order valence-corrected chi connectivity index (χ1v) is 13.1. The molecule has 0 aliphatic carbocycles. The first-order chi connectivity index (χ1) is 17.5. The van der Waals surface area contributed by atoms with Gasteiger partial charge in [0.05, 0.1) is 16.6 Å². The zero-order chi connectivity index (χ0) is 28.2. The summed E-state index contributed by atoms with van der Waals surface area (Å²) in [5.41, 5.74) is 5.26. The molecule has 0 bridgehead atoms. The van der Waals surface area contributed by atoms with E-state index in [4.69, 9.17) is 4.98 Å². The number of hydrogen-bond donors (Lipinski definition) is 1. The molecule has 2 aromatic carbocycles. The molecule has 0 amide bonds. The molecule has 4 rings (SSSR count). The third kappa shape index (κ3) is 5.31. The molecule has 2 aromatic heterocycles. The largest absolute Gasteiger partial charge is 0.376 e. The van der Waals surface area contributed by atoms with Crippen LogP contribution in [0.1, 0.15) is 73.4 Å². The topological polar surface area (TPSA) is 68.9 Å². The lowest BCUT2D eigenvalue weighted by molar-refractivity contribution is 0.586. The number of anilines is 1. The Morgan fingerprint density at radius 3 is 2.11 bits per heavy atom. The van der Waals surface area contributed by atoms with Gasteiger partial charge in [0.2, 0.25) is 0 Å². The summed E-state index contributed by atoms with van der Waals surface area (Å²) < 4.78 is 3.26. The lowest BCUT2D eigenvalue weighted by Crippen LogP contribution is -2.31. The van der Waals surface area contributed by atoms with E-state index >= 15 is 0 Å². The number of nitrogens with zero attached hydrogens (tertiary/aromatic N) is 3. The predicted molar refractivity (Wildman–Crippen MR) is 159 cm³/mol. The van der Waals surface area contributed by atoms with Crippen molar-refractivity contribution >= 4 is 16.6 Å². The summed E-state index contributed by atoms with van der Waals surface area (Å²) in [5, 5.41) is 3.94. The second kappa shape index (κ2) is 9.26. The van der Waals surface area contributed by atoms with Gasteiger partial charge in [0.15, 0.2) is 0 Å². The Labute approximate surface area is 225 Å². The summed E-state index contributed by atoms with van der Waals surface area (Å²) in [6.45, 7) is 19.0.